The predicted octanol–water partition coefficient (Wildman–Crippen LogP) is 1.77. The summed E-state index contributed by atoms with van der Waals surface area (Å²) in [6.45, 7) is 1.80. The van der Waals surface area contributed by atoms with Gasteiger partial charge in [0, 0.05) is 24.0 Å². The number of rotatable bonds is 3. The molecule has 0 radical (unpaired) electrons. The van der Waals surface area contributed by atoms with E-state index in [1.54, 1.807) is 13.3 Å². The van der Waals surface area contributed by atoms with Gasteiger partial charge in [0.1, 0.15) is 6.33 Å². The lowest BCUT2D eigenvalue weighted by molar-refractivity contribution is 0.102. The molecule has 3 aromatic rings. The molecule has 0 aliphatic heterocycles. The van der Waals surface area contributed by atoms with Gasteiger partial charge >= 0.3 is 0 Å². The fourth-order valence-corrected chi connectivity index (χ4v) is 2.06. The molecule has 21 heavy (non-hydrogen) atoms. The van der Waals surface area contributed by atoms with E-state index in [0.717, 1.165) is 17.1 Å². The van der Waals surface area contributed by atoms with Crippen molar-refractivity contribution >= 4 is 11.6 Å². The van der Waals surface area contributed by atoms with Crippen LogP contribution in [0.5, 0.6) is 0 Å². The van der Waals surface area contributed by atoms with Crippen molar-refractivity contribution in [2.75, 3.05) is 5.32 Å². The monoisotopic (exact) mass is 282 g/mol. The summed E-state index contributed by atoms with van der Waals surface area (Å²) in [5.41, 5.74) is 2.84. The van der Waals surface area contributed by atoms with Crippen molar-refractivity contribution in [2.24, 2.45) is 7.05 Å². The number of aryl methyl sites for hydroxylation is 2. The fraction of sp³-hybridized carbons (Fsp3) is 0.143. The molecule has 2 aromatic heterocycles. The minimum Gasteiger partial charge on any atom is -0.322 e. The molecule has 0 fully saturated rings. The average Bonchev–Trinajstić information content (AvgIpc) is 3.07. The first-order valence-corrected chi connectivity index (χ1v) is 6.41. The largest absolute Gasteiger partial charge is 0.322 e. The maximum Gasteiger partial charge on any atom is 0.259 e. The van der Waals surface area contributed by atoms with E-state index in [2.05, 4.69) is 25.7 Å². The smallest absolute Gasteiger partial charge is 0.259 e. The zero-order valence-corrected chi connectivity index (χ0v) is 11.7. The van der Waals surface area contributed by atoms with Crippen LogP contribution in [0.15, 0.2) is 36.8 Å². The minimum absolute atomic E-state index is 0.198. The topological polar surface area (TPSA) is 88.5 Å². The summed E-state index contributed by atoms with van der Waals surface area (Å²) < 4.78 is 1.82. The molecule has 0 unspecified atom stereocenters. The van der Waals surface area contributed by atoms with Crippen molar-refractivity contribution in [3.63, 3.8) is 0 Å². The van der Waals surface area contributed by atoms with Gasteiger partial charge in [0.15, 0.2) is 5.82 Å². The summed E-state index contributed by atoms with van der Waals surface area (Å²) in [6.07, 6.45) is 3.15. The van der Waals surface area contributed by atoms with Crippen molar-refractivity contribution in [3.05, 3.63) is 48.0 Å². The molecule has 106 valence electrons. The Bertz CT molecular complexity index is 788. The Morgan fingerprint density at radius 2 is 2.24 bits per heavy atom. The number of amides is 1. The Kier molecular flexibility index (Phi) is 3.23. The third kappa shape index (κ3) is 2.53. The van der Waals surface area contributed by atoms with Crippen molar-refractivity contribution in [2.45, 2.75) is 6.92 Å². The zero-order chi connectivity index (χ0) is 14.8. The lowest BCUT2D eigenvalue weighted by Gasteiger charge is -2.06. The van der Waals surface area contributed by atoms with Crippen LogP contribution in [-0.2, 0) is 7.05 Å². The Morgan fingerprint density at radius 1 is 1.38 bits per heavy atom. The SMILES string of the molecule is Cc1[nH]ncc1C(=O)Nc1cccc(-c2nncn2C)c1. The molecule has 7 heteroatoms. The highest BCUT2D eigenvalue weighted by molar-refractivity contribution is 6.05. The number of carbonyl (C=O) groups is 1. The van der Waals surface area contributed by atoms with Crippen LogP contribution < -0.4 is 5.32 Å². The molecular formula is C14H14N6O. The van der Waals surface area contributed by atoms with E-state index in [1.165, 1.54) is 6.20 Å². The number of anilines is 1. The number of nitrogens with zero attached hydrogens (tertiary/aromatic N) is 4. The van der Waals surface area contributed by atoms with Crippen LogP contribution in [-0.4, -0.2) is 30.9 Å². The zero-order valence-electron chi connectivity index (χ0n) is 11.7. The van der Waals surface area contributed by atoms with Gasteiger partial charge in [-0.2, -0.15) is 5.10 Å². The van der Waals surface area contributed by atoms with Gasteiger partial charge in [-0.25, -0.2) is 0 Å². The van der Waals surface area contributed by atoms with Gasteiger partial charge in [-0.3, -0.25) is 9.89 Å². The molecule has 3 rings (SSSR count). The highest BCUT2D eigenvalue weighted by atomic mass is 16.1. The summed E-state index contributed by atoms with van der Waals surface area (Å²) in [7, 11) is 1.87. The summed E-state index contributed by atoms with van der Waals surface area (Å²) in [5.74, 6) is 0.543. The molecule has 0 aliphatic rings. The molecule has 2 N–H and O–H groups in total. The van der Waals surface area contributed by atoms with Gasteiger partial charge in [-0.05, 0) is 19.1 Å². The Hall–Kier alpha value is -2.96. The van der Waals surface area contributed by atoms with E-state index in [-0.39, 0.29) is 5.91 Å². The average molecular weight is 282 g/mol. The van der Waals surface area contributed by atoms with Gasteiger partial charge < -0.3 is 9.88 Å². The van der Waals surface area contributed by atoms with Crippen molar-refractivity contribution in [1.29, 1.82) is 0 Å². The van der Waals surface area contributed by atoms with E-state index < -0.39 is 0 Å². The van der Waals surface area contributed by atoms with E-state index in [1.807, 2.05) is 35.9 Å². The molecule has 0 bridgehead atoms. The quantitative estimate of drug-likeness (QED) is 0.766. The number of hydrogen-bond acceptors (Lipinski definition) is 4. The second-order valence-corrected chi connectivity index (χ2v) is 4.71. The van der Waals surface area contributed by atoms with Crippen molar-refractivity contribution < 1.29 is 4.79 Å². The number of carbonyl (C=O) groups excluding carboxylic acids is 1. The van der Waals surface area contributed by atoms with Crippen LogP contribution in [0.3, 0.4) is 0 Å². The third-order valence-corrected chi connectivity index (χ3v) is 3.16. The predicted molar refractivity (Wildman–Crippen MR) is 77.7 cm³/mol. The minimum atomic E-state index is -0.198. The van der Waals surface area contributed by atoms with Crippen LogP contribution >= 0.6 is 0 Å². The van der Waals surface area contributed by atoms with E-state index in [9.17, 15) is 4.79 Å². The van der Waals surface area contributed by atoms with Crippen LogP contribution in [0.4, 0.5) is 5.69 Å². The number of nitrogens with one attached hydrogen (secondary N) is 2. The lowest BCUT2D eigenvalue weighted by atomic mass is 10.1. The number of hydrogen-bond donors (Lipinski definition) is 2. The second kappa shape index (κ2) is 5.20. The first kappa shape index (κ1) is 13.0. The lowest BCUT2D eigenvalue weighted by Crippen LogP contribution is -2.12. The number of H-pyrrole nitrogens is 1. The summed E-state index contributed by atoms with van der Waals surface area (Å²) in [6, 6.07) is 7.47. The normalized spacial score (nSPS) is 10.6. The van der Waals surface area contributed by atoms with E-state index in [0.29, 0.717) is 11.3 Å². The molecule has 1 amide bonds. The highest BCUT2D eigenvalue weighted by Gasteiger charge is 2.12. The number of aromatic nitrogens is 5. The Balaban J connectivity index is 1.86. The maximum atomic E-state index is 12.2. The molecule has 0 atom stereocenters. The van der Waals surface area contributed by atoms with Crippen LogP contribution in [0.1, 0.15) is 16.1 Å². The first-order chi connectivity index (χ1) is 10.1. The number of aromatic amines is 1. The second-order valence-electron chi connectivity index (χ2n) is 4.71. The maximum absolute atomic E-state index is 12.2. The van der Waals surface area contributed by atoms with E-state index in [4.69, 9.17) is 0 Å². The molecule has 0 aliphatic carbocycles. The summed E-state index contributed by atoms with van der Waals surface area (Å²) in [4.78, 5) is 12.2. The van der Waals surface area contributed by atoms with Gasteiger partial charge in [-0.1, -0.05) is 12.1 Å². The highest BCUT2D eigenvalue weighted by Crippen LogP contribution is 2.20. The number of benzene rings is 1. The molecule has 0 saturated carbocycles. The molecular weight excluding hydrogens is 268 g/mol. The first-order valence-electron chi connectivity index (χ1n) is 6.41. The summed E-state index contributed by atoms with van der Waals surface area (Å²) in [5, 5.41) is 17.4. The van der Waals surface area contributed by atoms with Gasteiger partial charge in [0.25, 0.3) is 5.91 Å². The Labute approximate surface area is 121 Å². The fourth-order valence-electron chi connectivity index (χ4n) is 2.06. The Morgan fingerprint density at radius 3 is 2.90 bits per heavy atom. The molecule has 2 heterocycles. The van der Waals surface area contributed by atoms with Crippen molar-refractivity contribution in [3.8, 4) is 11.4 Å². The molecule has 1 aromatic carbocycles. The third-order valence-electron chi connectivity index (χ3n) is 3.16. The van der Waals surface area contributed by atoms with Gasteiger partial charge in [0.05, 0.1) is 11.8 Å². The molecule has 0 spiro atoms. The van der Waals surface area contributed by atoms with Crippen LogP contribution in [0, 0.1) is 6.92 Å². The van der Waals surface area contributed by atoms with Crippen LogP contribution in [0.2, 0.25) is 0 Å². The molecule has 7 nitrogen and oxygen atoms in total. The van der Waals surface area contributed by atoms with Crippen LogP contribution in [0.25, 0.3) is 11.4 Å². The van der Waals surface area contributed by atoms with Gasteiger partial charge in [0.2, 0.25) is 0 Å². The van der Waals surface area contributed by atoms with Gasteiger partial charge in [-0.15, -0.1) is 10.2 Å². The summed E-state index contributed by atoms with van der Waals surface area (Å²) >= 11 is 0. The standard InChI is InChI=1S/C14H14N6O/c1-9-12(7-15-18-9)14(21)17-11-5-3-4-10(6-11)13-19-16-8-20(13)2/h3-8H,1-2H3,(H,15,18)(H,17,21). The van der Waals surface area contributed by atoms with E-state index >= 15 is 0 Å². The van der Waals surface area contributed by atoms with Crippen molar-refractivity contribution in [1.82, 2.24) is 25.0 Å². The molecule has 0 saturated heterocycles.